The van der Waals surface area contributed by atoms with Crippen LogP contribution in [-0.2, 0) is 4.79 Å². The lowest BCUT2D eigenvalue weighted by atomic mass is 10.2. The van der Waals surface area contributed by atoms with Crippen LogP contribution in [0.4, 0.5) is 5.69 Å². The predicted octanol–water partition coefficient (Wildman–Crippen LogP) is 5.51. The smallest absolute Gasteiger partial charge is 0.234 e. The lowest BCUT2D eigenvalue weighted by Crippen LogP contribution is -2.14. The maximum atomic E-state index is 12.4. The molecule has 0 saturated heterocycles. The molecule has 1 aromatic heterocycles. The lowest BCUT2D eigenvalue weighted by Gasteiger charge is -2.08. The van der Waals surface area contributed by atoms with E-state index in [-0.39, 0.29) is 5.91 Å². The Hall–Kier alpha value is -3.03. The Morgan fingerprint density at radius 3 is 2.42 bits per heavy atom. The molecule has 0 unspecified atom stereocenters. The van der Waals surface area contributed by atoms with E-state index in [2.05, 4.69) is 15.5 Å². The quantitative estimate of drug-likeness (QED) is 0.374. The number of nitrogens with one attached hydrogen (secondary N) is 1. The summed E-state index contributed by atoms with van der Waals surface area (Å²) in [7, 11) is 0. The van der Waals surface area contributed by atoms with E-state index in [1.54, 1.807) is 4.80 Å². The number of anilines is 1. The Kier molecular flexibility index (Phi) is 6.44. The molecule has 1 heterocycles. The third-order valence-corrected chi connectivity index (χ3v) is 5.83. The highest BCUT2D eigenvalue weighted by Gasteiger charge is 2.11. The molecule has 0 aliphatic rings. The summed E-state index contributed by atoms with van der Waals surface area (Å²) in [6, 6.07) is 18.8. The minimum Gasteiger partial charge on any atom is -0.494 e. The first-order valence-corrected chi connectivity index (χ1v) is 11.2. The molecule has 0 saturated carbocycles. The molecule has 4 rings (SSSR count). The molecule has 0 aliphatic carbocycles. The van der Waals surface area contributed by atoms with Crippen molar-refractivity contribution < 1.29 is 9.53 Å². The number of ether oxygens (including phenoxy) is 1. The number of carbonyl (C=O) groups excluding carboxylic acids is 1. The van der Waals surface area contributed by atoms with Crippen molar-refractivity contribution in [2.24, 2.45) is 0 Å². The van der Waals surface area contributed by atoms with Gasteiger partial charge in [-0.1, -0.05) is 11.6 Å². The highest BCUT2D eigenvalue weighted by molar-refractivity contribution is 8.00. The summed E-state index contributed by atoms with van der Waals surface area (Å²) in [6.07, 6.45) is 0. The molecule has 158 valence electrons. The lowest BCUT2D eigenvalue weighted by molar-refractivity contribution is -0.113. The van der Waals surface area contributed by atoms with Crippen molar-refractivity contribution in [3.05, 3.63) is 71.2 Å². The van der Waals surface area contributed by atoms with Crippen molar-refractivity contribution in [1.29, 1.82) is 0 Å². The molecule has 0 aliphatic heterocycles. The Morgan fingerprint density at radius 2 is 1.74 bits per heavy atom. The van der Waals surface area contributed by atoms with E-state index >= 15 is 0 Å². The topological polar surface area (TPSA) is 69.0 Å². The fraction of sp³-hybridized carbons (Fsp3) is 0.174. The molecule has 0 bridgehead atoms. The average Bonchev–Trinajstić information content (AvgIpc) is 3.17. The van der Waals surface area contributed by atoms with E-state index < -0.39 is 0 Å². The molecule has 4 aromatic rings. The third-order valence-electron chi connectivity index (χ3n) is 4.56. The fourth-order valence-electron chi connectivity index (χ4n) is 3.03. The van der Waals surface area contributed by atoms with Crippen molar-refractivity contribution in [2.45, 2.75) is 18.7 Å². The molecule has 0 fully saturated rings. The number of nitrogens with zero attached hydrogens (tertiary/aromatic N) is 3. The summed E-state index contributed by atoms with van der Waals surface area (Å²) < 4.78 is 5.48. The Bertz CT molecular complexity index is 1210. The highest BCUT2D eigenvalue weighted by Crippen LogP contribution is 2.24. The van der Waals surface area contributed by atoms with E-state index in [1.807, 2.05) is 74.5 Å². The first-order chi connectivity index (χ1) is 15.0. The molecule has 3 aromatic carbocycles. The highest BCUT2D eigenvalue weighted by atomic mass is 35.5. The maximum absolute atomic E-state index is 12.4. The van der Waals surface area contributed by atoms with Crippen LogP contribution in [-0.4, -0.2) is 33.3 Å². The second-order valence-corrected chi connectivity index (χ2v) is 8.35. The summed E-state index contributed by atoms with van der Waals surface area (Å²) in [5.74, 6) is 1.03. The van der Waals surface area contributed by atoms with Gasteiger partial charge >= 0.3 is 0 Å². The molecule has 0 atom stereocenters. The second kappa shape index (κ2) is 9.41. The molecule has 8 heteroatoms. The van der Waals surface area contributed by atoms with Gasteiger partial charge in [-0.3, -0.25) is 4.79 Å². The van der Waals surface area contributed by atoms with Crippen molar-refractivity contribution in [3.8, 4) is 11.4 Å². The van der Waals surface area contributed by atoms with Crippen LogP contribution in [0.5, 0.6) is 5.75 Å². The zero-order valence-electron chi connectivity index (χ0n) is 17.1. The van der Waals surface area contributed by atoms with Crippen LogP contribution in [0, 0.1) is 6.92 Å². The van der Waals surface area contributed by atoms with E-state index in [9.17, 15) is 4.79 Å². The normalized spacial score (nSPS) is 10.9. The van der Waals surface area contributed by atoms with Crippen LogP contribution in [0.15, 0.2) is 65.6 Å². The van der Waals surface area contributed by atoms with Gasteiger partial charge in [0.25, 0.3) is 0 Å². The summed E-state index contributed by atoms with van der Waals surface area (Å²) >= 11 is 7.36. The molecular formula is C23H21ClN4O2S. The van der Waals surface area contributed by atoms with Gasteiger partial charge in [-0.25, -0.2) is 0 Å². The molecule has 0 spiro atoms. The minimum atomic E-state index is -0.0821. The number of halogens is 1. The van der Waals surface area contributed by atoms with Gasteiger partial charge in [0.05, 0.1) is 18.0 Å². The predicted molar refractivity (Wildman–Crippen MR) is 126 cm³/mol. The molecule has 6 nitrogen and oxygen atoms in total. The van der Waals surface area contributed by atoms with Crippen LogP contribution >= 0.6 is 23.4 Å². The second-order valence-electron chi connectivity index (χ2n) is 6.86. The zero-order chi connectivity index (χ0) is 21.8. The SMILES string of the molecule is CCOc1ccc(-n2nc3cc(C)c(NC(=O)CSc4ccc(Cl)cc4)cc3n2)cc1. The van der Waals surface area contributed by atoms with E-state index in [1.165, 1.54) is 11.8 Å². The number of thioether (sulfide) groups is 1. The van der Waals surface area contributed by atoms with Crippen molar-refractivity contribution in [1.82, 2.24) is 15.0 Å². The number of rotatable bonds is 7. The van der Waals surface area contributed by atoms with Crippen LogP contribution in [0.25, 0.3) is 16.7 Å². The number of hydrogen-bond donors (Lipinski definition) is 1. The van der Waals surface area contributed by atoms with Crippen LogP contribution < -0.4 is 10.1 Å². The zero-order valence-corrected chi connectivity index (χ0v) is 18.7. The van der Waals surface area contributed by atoms with Gasteiger partial charge in [-0.05, 0) is 80.1 Å². The number of fused-ring (bicyclic) bond motifs is 1. The molecule has 1 N–H and O–H groups in total. The van der Waals surface area contributed by atoms with Crippen LogP contribution in [0.1, 0.15) is 12.5 Å². The van der Waals surface area contributed by atoms with E-state index in [0.717, 1.165) is 33.1 Å². The van der Waals surface area contributed by atoms with Gasteiger partial charge < -0.3 is 10.1 Å². The molecule has 31 heavy (non-hydrogen) atoms. The number of amides is 1. The first kappa shape index (κ1) is 21.2. The monoisotopic (exact) mass is 452 g/mol. The summed E-state index contributed by atoms with van der Waals surface area (Å²) in [6.45, 7) is 4.51. The fourth-order valence-corrected chi connectivity index (χ4v) is 3.85. The standard InChI is InChI=1S/C23H21ClN4O2S/c1-3-30-18-8-6-17(7-9-18)28-26-21-12-15(2)20(13-22(21)27-28)25-23(29)14-31-19-10-4-16(24)5-11-19/h4-13H,3,14H2,1-2H3,(H,25,29). The number of benzene rings is 3. The van der Waals surface area contributed by atoms with Crippen molar-refractivity contribution >= 4 is 46.0 Å². The average molecular weight is 453 g/mol. The number of hydrogen-bond acceptors (Lipinski definition) is 5. The molecule has 0 radical (unpaired) electrons. The van der Waals surface area contributed by atoms with Gasteiger partial charge in [0, 0.05) is 15.6 Å². The summed E-state index contributed by atoms with van der Waals surface area (Å²) in [5, 5.41) is 12.8. The van der Waals surface area contributed by atoms with Crippen molar-refractivity contribution in [3.63, 3.8) is 0 Å². The van der Waals surface area contributed by atoms with Gasteiger partial charge in [0.2, 0.25) is 5.91 Å². The van der Waals surface area contributed by atoms with Gasteiger partial charge in [0.15, 0.2) is 0 Å². The van der Waals surface area contributed by atoms with Gasteiger partial charge in [-0.2, -0.15) is 4.80 Å². The largest absolute Gasteiger partial charge is 0.494 e. The van der Waals surface area contributed by atoms with E-state index in [0.29, 0.717) is 22.9 Å². The molecular weight excluding hydrogens is 432 g/mol. The minimum absolute atomic E-state index is 0.0821. The van der Waals surface area contributed by atoms with Crippen LogP contribution in [0.3, 0.4) is 0 Å². The maximum Gasteiger partial charge on any atom is 0.234 e. The number of carbonyl (C=O) groups is 1. The van der Waals surface area contributed by atoms with Crippen molar-refractivity contribution in [2.75, 3.05) is 17.7 Å². The number of aromatic nitrogens is 3. The number of aryl methyl sites for hydroxylation is 1. The Labute approximate surface area is 189 Å². The van der Waals surface area contributed by atoms with Crippen LogP contribution in [0.2, 0.25) is 5.02 Å². The van der Waals surface area contributed by atoms with Gasteiger partial charge in [-0.15, -0.1) is 22.0 Å². The first-order valence-electron chi connectivity index (χ1n) is 9.81. The van der Waals surface area contributed by atoms with E-state index in [4.69, 9.17) is 16.3 Å². The molecule has 1 amide bonds. The van der Waals surface area contributed by atoms with Gasteiger partial charge in [0.1, 0.15) is 16.8 Å². The summed E-state index contributed by atoms with van der Waals surface area (Å²) in [5.41, 5.74) is 3.96. The summed E-state index contributed by atoms with van der Waals surface area (Å²) in [4.78, 5) is 15.0. The Morgan fingerprint density at radius 1 is 1.06 bits per heavy atom. The third kappa shape index (κ3) is 5.18. The Balaban J connectivity index is 1.47.